The van der Waals surface area contributed by atoms with E-state index in [1.807, 2.05) is 46.8 Å². The summed E-state index contributed by atoms with van der Waals surface area (Å²) >= 11 is 0. The number of hydrogen-bond donors (Lipinski definition) is 0. The molecule has 0 bridgehead atoms. The van der Waals surface area contributed by atoms with Crippen LogP contribution in [-0.2, 0) is 23.9 Å². The molecule has 0 N–H and O–H groups in total. The summed E-state index contributed by atoms with van der Waals surface area (Å²) in [7, 11) is 0. The van der Waals surface area contributed by atoms with E-state index in [1.54, 1.807) is 6.92 Å². The Bertz CT molecular complexity index is 870. The van der Waals surface area contributed by atoms with Gasteiger partial charge in [0.1, 0.15) is 5.76 Å². The number of carbonyl (C=O) groups is 3. The lowest BCUT2D eigenvalue weighted by atomic mass is 9.88. The van der Waals surface area contributed by atoms with Crippen LogP contribution >= 0.6 is 0 Å². The molecule has 0 saturated heterocycles. The molecule has 5 heteroatoms. The van der Waals surface area contributed by atoms with Gasteiger partial charge in [0.15, 0.2) is 5.78 Å². The summed E-state index contributed by atoms with van der Waals surface area (Å²) in [5, 5.41) is 0. The van der Waals surface area contributed by atoms with Crippen LogP contribution in [0.15, 0.2) is 46.3 Å². The van der Waals surface area contributed by atoms with Crippen molar-refractivity contribution in [1.29, 1.82) is 0 Å². The molecule has 4 atom stereocenters. The highest BCUT2D eigenvalue weighted by Gasteiger charge is 2.47. The van der Waals surface area contributed by atoms with Crippen LogP contribution in [0.1, 0.15) is 82.1 Å². The van der Waals surface area contributed by atoms with Gasteiger partial charge in [-0.3, -0.25) is 14.4 Å². The van der Waals surface area contributed by atoms with Crippen LogP contribution in [0.2, 0.25) is 0 Å². The molecule has 178 valence electrons. The molecule has 5 nitrogen and oxygen atoms in total. The van der Waals surface area contributed by atoms with E-state index in [4.69, 9.17) is 9.47 Å². The van der Waals surface area contributed by atoms with Gasteiger partial charge in [-0.15, -0.1) is 0 Å². The van der Waals surface area contributed by atoms with E-state index in [0.29, 0.717) is 17.3 Å². The molecule has 0 aliphatic carbocycles. The third-order valence-corrected chi connectivity index (χ3v) is 5.86. The second-order valence-corrected chi connectivity index (χ2v) is 9.39. The standard InChI is InChI=1S/C27H40O5/c1-11-16(2)13-19(5)24(29)20(6)14-17(3)12-18(4)15-21(7)25-22(8)26(30)27(10,32-25)31-23(9)28/h12,14-17,19H,11,13H2,1-10H3/b18-12+,20-14+,21-15-/t16-,17-,19-,27?/m0/s1. The highest BCUT2D eigenvalue weighted by molar-refractivity contribution is 6.04. The maximum absolute atomic E-state index is 12.7. The Morgan fingerprint density at radius 2 is 1.69 bits per heavy atom. The number of carbonyl (C=O) groups excluding carboxylic acids is 3. The topological polar surface area (TPSA) is 69.7 Å². The summed E-state index contributed by atoms with van der Waals surface area (Å²) < 4.78 is 10.9. The fourth-order valence-electron chi connectivity index (χ4n) is 4.14. The normalized spacial score (nSPS) is 23.1. The van der Waals surface area contributed by atoms with Crippen LogP contribution in [0.25, 0.3) is 0 Å². The van der Waals surface area contributed by atoms with Gasteiger partial charge in [0, 0.05) is 25.3 Å². The van der Waals surface area contributed by atoms with Crippen molar-refractivity contribution >= 4 is 17.5 Å². The molecule has 1 rings (SSSR count). The molecule has 0 aromatic heterocycles. The molecule has 1 aliphatic rings. The van der Waals surface area contributed by atoms with Crippen LogP contribution in [0.4, 0.5) is 0 Å². The average Bonchev–Trinajstić information content (AvgIpc) is 2.90. The van der Waals surface area contributed by atoms with Crippen LogP contribution < -0.4 is 0 Å². The molecular weight excluding hydrogens is 404 g/mol. The maximum atomic E-state index is 12.7. The smallest absolute Gasteiger partial charge is 0.315 e. The predicted molar refractivity (Wildman–Crippen MR) is 128 cm³/mol. The van der Waals surface area contributed by atoms with Crippen molar-refractivity contribution in [2.45, 2.75) is 87.9 Å². The summed E-state index contributed by atoms with van der Waals surface area (Å²) in [4.78, 5) is 36.6. The molecule has 0 spiro atoms. The lowest BCUT2D eigenvalue weighted by Gasteiger charge is -2.23. The zero-order chi connectivity index (χ0) is 24.8. The monoisotopic (exact) mass is 444 g/mol. The fourth-order valence-corrected chi connectivity index (χ4v) is 4.14. The third kappa shape index (κ3) is 7.32. The lowest BCUT2D eigenvalue weighted by molar-refractivity contribution is -0.199. The van der Waals surface area contributed by atoms with Gasteiger partial charge >= 0.3 is 11.8 Å². The molecule has 0 amide bonds. The van der Waals surface area contributed by atoms with Gasteiger partial charge in [-0.25, -0.2) is 0 Å². The van der Waals surface area contributed by atoms with Crippen LogP contribution in [0.5, 0.6) is 0 Å². The van der Waals surface area contributed by atoms with E-state index in [1.165, 1.54) is 13.8 Å². The largest absolute Gasteiger partial charge is 0.445 e. The van der Waals surface area contributed by atoms with E-state index in [-0.39, 0.29) is 23.4 Å². The Kier molecular flexibility index (Phi) is 9.87. The first kappa shape index (κ1) is 27.6. The van der Waals surface area contributed by atoms with Crippen molar-refractivity contribution in [2.75, 3.05) is 0 Å². The highest BCUT2D eigenvalue weighted by atomic mass is 16.7. The molecule has 0 saturated carbocycles. The molecule has 0 radical (unpaired) electrons. The van der Waals surface area contributed by atoms with Crippen molar-refractivity contribution in [3.05, 3.63) is 46.3 Å². The van der Waals surface area contributed by atoms with Gasteiger partial charge in [-0.2, -0.15) is 0 Å². The Morgan fingerprint density at radius 3 is 2.22 bits per heavy atom. The Labute approximate surface area is 193 Å². The minimum absolute atomic E-state index is 0.0270. The lowest BCUT2D eigenvalue weighted by Crippen LogP contribution is -2.38. The summed E-state index contributed by atoms with van der Waals surface area (Å²) in [6, 6.07) is 0. The van der Waals surface area contributed by atoms with Crippen LogP contribution in [0, 0.1) is 17.8 Å². The average molecular weight is 445 g/mol. The quantitative estimate of drug-likeness (QED) is 0.226. The summed E-state index contributed by atoms with van der Waals surface area (Å²) in [6.07, 6.45) is 7.98. The summed E-state index contributed by atoms with van der Waals surface area (Å²) in [5.41, 5.74) is 2.97. The van der Waals surface area contributed by atoms with Crippen molar-refractivity contribution in [3.8, 4) is 0 Å². The Hall–Kier alpha value is -2.43. The van der Waals surface area contributed by atoms with E-state index in [9.17, 15) is 14.4 Å². The molecule has 0 aromatic rings. The first-order valence-electron chi connectivity index (χ1n) is 11.5. The molecule has 0 fully saturated rings. The van der Waals surface area contributed by atoms with Gasteiger partial charge in [0.2, 0.25) is 5.78 Å². The van der Waals surface area contributed by atoms with Crippen molar-refractivity contribution in [2.24, 2.45) is 17.8 Å². The minimum Gasteiger partial charge on any atom is -0.445 e. The minimum atomic E-state index is -1.61. The zero-order valence-corrected chi connectivity index (χ0v) is 21.4. The Morgan fingerprint density at radius 1 is 1.09 bits per heavy atom. The number of allylic oxidation sites excluding steroid dienone is 6. The molecule has 1 heterocycles. The van der Waals surface area contributed by atoms with Crippen molar-refractivity contribution < 1.29 is 23.9 Å². The Balaban J connectivity index is 2.96. The van der Waals surface area contributed by atoms with E-state index < -0.39 is 11.8 Å². The van der Waals surface area contributed by atoms with Gasteiger partial charge in [-0.1, -0.05) is 57.9 Å². The van der Waals surface area contributed by atoms with Crippen LogP contribution in [0.3, 0.4) is 0 Å². The second kappa shape index (κ2) is 11.4. The first-order valence-corrected chi connectivity index (χ1v) is 11.5. The summed E-state index contributed by atoms with van der Waals surface area (Å²) in [5.74, 6) is -1.26. The maximum Gasteiger partial charge on any atom is 0.315 e. The molecule has 0 aromatic carbocycles. The van der Waals surface area contributed by atoms with Gasteiger partial charge in [0.05, 0.1) is 0 Å². The van der Waals surface area contributed by atoms with Crippen molar-refractivity contribution in [3.63, 3.8) is 0 Å². The van der Waals surface area contributed by atoms with Gasteiger partial charge < -0.3 is 9.47 Å². The van der Waals surface area contributed by atoms with Crippen molar-refractivity contribution in [1.82, 2.24) is 0 Å². The van der Waals surface area contributed by atoms with E-state index >= 15 is 0 Å². The predicted octanol–water partition coefficient (Wildman–Crippen LogP) is 6.26. The number of rotatable bonds is 10. The fraction of sp³-hybridized carbons (Fsp3) is 0.593. The van der Waals surface area contributed by atoms with Crippen LogP contribution in [-0.4, -0.2) is 23.3 Å². The highest BCUT2D eigenvalue weighted by Crippen LogP contribution is 2.35. The molecule has 1 unspecified atom stereocenters. The van der Waals surface area contributed by atoms with E-state index in [0.717, 1.165) is 29.6 Å². The number of hydrogen-bond acceptors (Lipinski definition) is 5. The molecule has 1 aliphatic heterocycles. The van der Waals surface area contributed by atoms with E-state index in [2.05, 4.69) is 19.9 Å². The molecule has 32 heavy (non-hydrogen) atoms. The molecular formula is C27H40O5. The SMILES string of the molecule is CC[C@H](C)C[C@H](C)C(=O)/C(C)=C/[C@@H](C)/C=C(C)/C=C(/C)C1=C(C)C(=O)C(C)(OC(C)=O)O1. The van der Waals surface area contributed by atoms with Gasteiger partial charge in [-0.05, 0) is 57.1 Å². The second-order valence-electron chi connectivity index (χ2n) is 9.39. The van der Waals surface area contributed by atoms with Gasteiger partial charge in [0.25, 0.3) is 0 Å². The summed E-state index contributed by atoms with van der Waals surface area (Å²) in [6.45, 7) is 18.5. The number of ketones is 2. The zero-order valence-electron chi connectivity index (χ0n) is 21.4. The number of esters is 1. The number of Topliss-reactive ketones (excluding diaryl/α,β-unsaturated/α-hetero) is 2. The number of ether oxygens (including phenoxy) is 2. The first-order chi connectivity index (χ1) is 14.7. The third-order valence-electron chi connectivity index (χ3n) is 5.86.